The Morgan fingerprint density at radius 1 is 0.750 bits per heavy atom. The molecule has 0 aliphatic rings. The van der Waals surface area contributed by atoms with Crippen molar-refractivity contribution in [3.05, 3.63) is 84.0 Å². The van der Waals surface area contributed by atoms with E-state index in [4.69, 9.17) is 9.47 Å². The summed E-state index contributed by atoms with van der Waals surface area (Å²) in [6.07, 6.45) is 14.5. The third-order valence-electron chi connectivity index (χ3n) is 2.86. The van der Waals surface area contributed by atoms with E-state index in [1.54, 1.807) is 48.6 Å². The largest absolute Gasteiger partial charge is 0.458 e. The van der Waals surface area contributed by atoms with Crippen molar-refractivity contribution in [2.75, 3.05) is 13.2 Å². The van der Waals surface area contributed by atoms with Crippen LogP contribution in [0.25, 0.3) is 0 Å². The number of carbonyl (C=O) groups is 2. The molecule has 1 aromatic carbocycles. The van der Waals surface area contributed by atoms with Gasteiger partial charge in [0.1, 0.15) is 13.2 Å². The zero-order chi connectivity index (χ0) is 17.6. The third-order valence-corrected chi connectivity index (χ3v) is 2.86. The summed E-state index contributed by atoms with van der Waals surface area (Å²) in [7, 11) is 0. The maximum Gasteiger partial charge on any atom is 0.338 e. The molecule has 0 aliphatic carbocycles. The summed E-state index contributed by atoms with van der Waals surface area (Å²) < 4.78 is 10.2. The van der Waals surface area contributed by atoms with Gasteiger partial charge >= 0.3 is 11.9 Å². The molecule has 0 spiro atoms. The van der Waals surface area contributed by atoms with Crippen LogP contribution in [0.4, 0.5) is 0 Å². The Bertz CT molecular complexity index is 577. The van der Waals surface area contributed by atoms with E-state index in [9.17, 15) is 9.59 Å². The molecule has 0 amide bonds. The van der Waals surface area contributed by atoms with Crippen LogP contribution in [0, 0.1) is 0 Å². The van der Waals surface area contributed by atoms with E-state index >= 15 is 0 Å². The lowest BCUT2D eigenvalue weighted by Crippen LogP contribution is -2.08. The lowest BCUT2D eigenvalue weighted by atomic mass is 10.1. The molecule has 0 aromatic heterocycles. The van der Waals surface area contributed by atoms with Crippen LogP contribution >= 0.6 is 0 Å². The van der Waals surface area contributed by atoms with Gasteiger partial charge in [0.15, 0.2) is 0 Å². The molecule has 0 aliphatic heterocycles. The molecule has 0 atom stereocenters. The minimum atomic E-state index is -0.436. The highest BCUT2D eigenvalue weighted by atomic mass is 16.5. The molecule has 0 fully saturated rings. The number of allylic oxidation sites excluding steroid dienone is 6. The number of rotatable bonds is 8. The number of hydrogen-bond donors (Lipinski definition) is 0. The van der Waals surface area contributed by atoms with Gasteiger partial charge in [-0.3, -0.25) is 0 Å². The third kappa shape index (κ3) is 7.40. The summed E-state index contributed by atoms with van der Waals surface area (Å²) in [5.74, 6) is -0.872. The quantitative estimate of drug-likeness (QED) is 0.529. The monoisotopic (exact) mass is 326 g/mol. The summed E-state index contributed by atoms with van der Waals surface area (Å²) >= 11 is 0. The van der Waals surface area contributed by atoms with Crippen molar-refractivity contribution in [2.45, 2.75) is 13.8 Å². The molecule has 0 saturated carbocycles. The first-order valence-electron chi connectivity index (χ1n) is 7.69. The van der Waals surface area contributed by atoms with Crippen molar-refractivity contribution in [2.24, 2.45) is 0 Å². The minimum absolute atomic E-state index is 0.200. The summed E-state index contributed by atoms with van der Waals surface area (Å²) in [5, 5.41) is 0. The van der Waals surface area contributed by atoms with Crippen LogP contribution in [-0.4, -0.2) is 25.2 Å². The molecule has 0 saturated heterocycles. The molecule has 4 heteroatoms. The van der Waals surface area contributed by atoms with Crippen molar-refractivity contribution >= 4 is 11.9 Å². The number of hydrogen-bond acceptors (Lipinski definition) is 4. The Morgan fingerprint density at radius 2 is 1.12 bits per heavy atom. The van der Waals surface area contributed by atoms with Gasteiger partial charge in [-0.25, -0.2) is 9.59 Å². The predicted octanol–water partition coefficient (Wildman–Crippen LogP) is 4.26. The van der Waals surface area contributed by atoms with Crippen LogP contribution < -0.4 is 0 Å². The van der Waals surface area contributed by atoms with E-state index < -0.39 is 11.9 Å². The summed E-state index contributed by atoms with van der Waals surface area (Å²) in [6.45, 7) is 4.21. The second kappa shape index (κ2) is 11.7. The van der Waals surface area contributed by atoms with E-state index in [1.165, 1.54) is 0 Å². The molecule has 0 N–H and O–H groups in total. The highest BCUT2D eigenvalue weighted by Gasteiger charge is 2.10. The van der Waals surface area contributed by atoms with E-state index in [0.29, 0.717) is 11.1 Å². The van der Waals surface area contributed by atoms with Gasteiger partial charge < -0.3 is 9.47 Å². The molecule has 0 unspecified atom stereocenters. The van der Waals surface area contributed by atoms with Gasteiger partial charge in [0.2, 0.25) is 0 Å². The van der Waals surface area contributed by atoms with Gasteiger partial charge in [-0.1, -0.05) is 36.5 Å². The SMILES string of the molecule is C/C=C/C=C/COC(=O)c1ccc(C(=O)OC/C=C/C=C/C)cc1. The first-order chi connectivity index (χ1) is 11.7. The van der Waals surface area contributed by atoms with Crippen molar-refractivity contribution in [1.82, 2.24) is 0 Å². The highest BCUT2D eigenvalue weighted by Crippen LogP contribution is 2.07. The van der Waals surface area contributed by atoms with Gasteiger partial charge in [0.25, 0.3) is 0 Å². The molecular weight excluding hydrogens is 304 g/mol. The van der Waals surface area contributed by atoms with Crippen molar-refractivity contribution in [3.63, 3.8) is 0 Å². The van der Waals surface area contributed by atoms with Crippen LogP contribution in [0.5, 0.6) is 0 Å². The van der Waals surface area contributed by atoms with Gasteiger partial charge in [-0.2, -0.15) is 0 Å². The number of benzene rings is 1. The Hall–Kier alpha value is -2.88. The van der Waals surface area contributed by atoms with E-state index in [-0.39, 0.29) is 13.2 Å². The molecule has 24 heavy (non-hydrogen) atoms. The van der Waals surface area contributed by atoms with Crippen LogP contribution in [0.2, 0.25) is 0 Å². The predicted molar refractivity (Wildman–Crippen MR) is 94.9 cm³/mol. The number of ether oxygens (including phenoxy) is 2. The maximum absolute atomic E-state index is 11.8. The van der Waals surface area contributed by atoms with Gasteiger partial charge in [-0.15, -0.1) is 0 Å². The van der Waals surface area contributed by atoms with Gasteiger partial charge in [-0.05, 0) is 50.3 Å². The van der Waals surface area contributed by atoms with E-state index in [0.717, 1.165) is 0 Å². The summed E-state index contributed by atoms with van der Waals surface area (Å²) in [4.78, 5) is 23.7. The first kappa shape index (κ1) is 19.2. The standard InChI is InChI=1S/C20H22O4/c1-3-5-7-9-15-23-19(21)17-11-13-18(14-12-17)20(22)24-16-10-8-6-4-2/h3-14H,15-16H2,1-2H3/b5-3+,6-4+,9-7+,10-8+. The normalized spacial score (nSPS) is 11.8. The second-order valence-corrected chi connectivity index (χ2v) is 4.68. The van der Waals surface area contributed by atoms with Crippen LogP contribution in [0.1, 0.15) is 34.6 Å². The lowest BCUT2D eigenvalue weighted by molar-refractivity contribution is 0.0535. The van der Waals surface area contributed by atoms with E-state index in [2.05, 4.69) is 0 Å². The molecule has 0 radical (unpaired) electrons. The Balaban J connectivity index is 2.49. The number of esters is 2. The first-order valence-corrected chi connectivity index (χ1v) is 7.69. The molecule has 1 aromatic rings. The van der Waals surface area contributed by atoms with Crippen LogP contribution in [0.15, 0.2) is 72.9 Å². The van der Waals surface area contributed by atoms with Crippen molar-refractivity contribution in [3.8, 4) is 0 Å². The number of carbonyl (C=O) groups excluding carboxylic acids is 2. The smallest absolute Gasteiger partial charge is 0.338 e. The molecule has 1 rings (SSSR count). The Labute approximate surface area is 142 Å². The zero-order valence-electron chi connectivity index (χ0n) is 14.0. The fourth-order valence-electron chi connectivity index (χ4n) is 1.65. The van der Waals surface area contributed by atoms with Gasteiger partial charge in [0.05, 0.1) is 11.1 Å². The van der Waals surface area contributed by atoms with Crippen molar-refractivity contribution in [1.29, 1.82) is 0 Å². The zero-order valence-corrected chi connectivity index (χ0v) is 14.0. The topological polar surface area (TPSA) is 52.6 Å². The summed E-state index contributed by atoms with van der Waals surface area (Å²) in [6, 6.07) is 6.18. The Kier molecular flexibility index (Phi) is 9.31. The maximum atomic E-state index is 11.8. The van der Waals surface area contributed by atoms with Crippen LogP contribution in [-0.2, 0) is 9.47 Å². The summed E-state index contributed by atoms with van der Waals surface area (Å²) in [5.41, 5.74) is 0.776. The van der Waals surface area contributed by atoms with E-state index in [1.807, 2.05) is 38.2 Å². The fourth-order valence-corrected chi connectivity index (χ4v) is 1.65. The minimum Gasteiger partial charge on any atom is -0.458 e. The lowest BCUT2D eigenvalue weighted by Gasteiger charge is -2.04. The Morgan fingerprint density at radius 3 is 1.46 bits per heavy atom. The molecule has 0 bridgehead atoms. The average Bonchev–Trinajstić information content (AvgIpc) is 2.61. The molecule has 0 heterocycles. The molecule has 126 valence electrons. The van der Waals surface area contributed by atoms with Gasteiger partial charge in [0, 0.05) is 0 Å². The van der Waals surface area contributed by atoms with Crippen LogP contribution in [0.3, 0.4) is 0 Å². The molecule has 4 nitrogen and oxygen atoms in total. The van der Waals surface area contributed by atoms with Crippen molar-refractivity contribution < 1.29 is 19.1 Å². The average molecular weight is 326 g/mol. The highest BCUT2D eigenvalue weighted by molar-refractivity contribution is 5.93. The molecular formula is C20H22O4. The fraction of sp³-hybridized carbons (Fsp3) is 0.200. The second-order valence-electron chi connectivity index (χ2n) is 4.68.